The molecule has 0 aliphatic carbocycles. The minimum atomic E-state index is -3.87. The third kappa shape index (κ3) is 5.17. The Hall–Kier alpha value is -2.16. The third-order valence-corrected chi connectivity index (χ3v) is 5.28. The second kappa shape index (κ2) is 8.48. The Morgan fingerprint density at radius 2 is 1.81 bits per heavy atom. The van der Waals surface area contributed by atoms with Gasteiger partial charge in [-0.25, -0.2) is 13.4 Å². The number of pyridine rings is 1. The quantitative estimate of drug-likeness (QED) is 0.748. The molecule has 0 spiro atoms. The van der Waals surface area contributed by atoms with Gasteiger partial charge in [0.25, 0.3) is 0 Å². The van der Waals surface area contributed by atoms with Gasteiger partial charge < -0.3 is 10.1 Å². The molecule has 1 atom stereocenters. The number of sulfonamides is 1. The van der Waals surface area contributed by atoms with Crippen molar-refractivity contribution in [2.75, 3.05) is 12.4 Å². The summed E-state index contributed by atoms with van der Waals surface area (Å²) >= 11 is 5.79. The number of nitrogens with zero attached hydrogens (tertiary/aromatic N) is 1. The van der Waals surface area contributed by atoms with E-state index < -0.39 is 22.0 Å². The average Bonchev–Trinajstić information content (AvgIpc) is 2.60. The molecule has 1 unspecified atom stereocenters. The number of methoxy groups -OCH3 is 1. The molecule has 1 aromatic heterocycles. The van der Waals surface area contributed by atoms with Crippen molar-refractivity contribution < 1.29 is 17.9 Å². The van der Waals surface area contributed by atoms with Crippen LogP contribution in [0.5, 0.6) is 5.88 Å². The van der Waals surface area contributed by atoms with Crippen molar-refractivity contribution in [2.24, 2.45) is 5.92 Å². The SMILES string of the molecule is COc1ccc(NC(=O)C(NS(=O)(=O)c2ccc(Cl)cc2)C(C)C)cn1. The van der Waals surface area contributed by atoms with Crippen molar-refractivity contribution in [2.45, 2.75) is 24.8 Å². The van der Waals surface area contributed by atoms with E-state index in [0.29, 0.717) is 16.6 Å². The molecule has 1 amide bonds. The minimum Gasteiger partial charge on any atom is -0.481 e. The van der Waals surface area contributed by atoms with Crippen LogP contribution in [0.3, 0.4) is 0 Å². The molecule has 2 rings (SSSR count). The van der Waals surface area contributed by atoms with Gasteiger partial charge in [-0.2, -0.15) is 4.72 Å². The lowest BCUT2D eigenvalue weighted by Crippen LogP contribution is -2.47. The number of carbonyl (C=O) groups excluding carboxylic acids is 1. The van der Waals surface area contributed by atoms with Crippen LogP contribution >= 0.6 is 11.6 Å². The zero-order valence-electron chi connectivity index (χ0n) is 14.6. The summed E-state index contributed by atoms with van der Waals surface area (Å²) in [5, 5.41) is 3.08. The number of anilines is 1. The number of hydrogen-bond acceptors (Lipinski definition) is 5. The number of aromatic nitrogens is 1. The van der Waals surface area contributed by atoms with Crippen LogP contribution in [-0.4, -0.2) is 32.5 Å². The average molecular weight is 398 g/mol. The van der Waals surface area contributed by atoms with Gasteiger partial charge in [0.1, 0.15) is 6.04 Å². The molecule has 0 fully saturated rings. The first-order valence-electron chi connectivity index (χ1n) is 7.81. The third-order valence-electron chi connectivity index (χ3n) is 3.57. The van der Waals surface area contributed by atoms with E-state index in [1.807, 2.05) is 0 Å². The van der Waals surface area contributed by atoms with Gasteiger partial charge in [0.2, 0.25) is 21.8 Å². The Morgan fingerprint density at radius 3 is 2.31 bits per heavy atom. The zero-order valence-corrected chi connectivity index (χ0v) is 16.1. The molecule has 0 aliphatic rings. The van der Waals surface area contributed by atoms with E-state index in [2.05, 4.69) is 15.0 Å². The second-order valence-electron chi connectivity index (χ2n) is 5.88. The van der Waals surface area contributed by atoms with E-state index >= 15 is 0 Å². The van der Waals surface area contributed by atoms with Crippen LogP contribution in [0.15, 0.2) is 47.5 Å². The molecular formula is C17H20ClN3O4S. The van der Waals surface area contributed by atoms with Crippen LogP contribution in [-0.2, 0) is 14.8 Å². The Balaban J connectivity index is 2.16. The Labute approximate surface area is 157 Å². The van der Waals surface area contributed by atoms with E-state index in [-0.39, 0.29) is 10.8 Å². The molecule has 0 bridgehead atoms. The fraction of sp³-hybridized carbons (Fsp3) is 0.294. The molecule has 140 valence electrons. The maximum atomic E-state index is 12.6. The van der Waals surface area contributed by atoms with Gasteiger partial charge in [0.05, 0.1) is 23.9 Å². The van der Waals surface area contributed by atoms with Crippen molar-refractivity contribution in [3.63, 3.8) is 0 Å². The molecule has 0 aliphatic heterocycles. The van der Waals surface area contributed by atoms with Gasteiger partial charge in [0, 0.05) is 11.1 Å². The number of rotatable bonds is 7. The largest absolute Gasteiger partial charge is 0.481 e. The van der Waals surface area contributed by atoms with Crippen LogP contribution < -0.4 is 14.8 Å². The molecule has 0 saturated carbocycles. The molecule has 9 heteroatoms. The van der Waals surface area contributed by atoms with Crippen LogP contribution in [0.25, 0.3) is 0 Å². The molecule has 2 aromatic rings. The summed E-state index contributed by atoms with van der Waals surface area (Å²) in [6.45, 7) is 3.50. The topological polar surface area (TPSA) is 97.4 Å². The maximum absolute atomic E-state index is 12.6. The summed E-state index contributed by atoms with van der Waals surface area (Å²) in [4.78, 5) is 16.6. The highest BCUT2D eigenvalue weighted by Crippen LogP contribution is 2.17. The van der Waals surface area contributed by atoms with E-state index in [1.54, 1.807) is 26.0 Å². The summed E-state index contributed by atoms with van der Waals surface area (Å²) < 4.78 is 32.5. The Morgan fingerprint density at radius 1 is 1.15 bits per heavy atom. The van der Waals surface area contributed by atoms with Crippen molar-refractivity contribution in [1.29, 1.82) is 0 Å². The fourth-order valence-corrected chi connectivity index (χ4v) is 3.61. The van der Waals surface area contributed by atoms with E-state index in [0.717, 1.165) is 0 Å². The first-order valence-corrected chi connectivity index (χ1v) is 9.68. The zero-order chi connectivity index (χ0) is 19.3. The lowest BCUT2D eigenvalue weighted by molar-refractivity contribution is -0.118. The smallest absolute Gasteiger partial charge is 0.242 e. The maximum Gasteiger partial charge on any atom is 0.242 e. The number of hydrogen-bond donors (Lipinski definition) is 2. The van der Waals surface area contributed by atoms with Crippen molar-refractivity contribution in [1.82, 2.24) is 9.71 Å². The highest BCUT2D eigenvalue weighted by molar-refractivity contribution is 7.89. The highest BCUT2D eigenvalue weighted by atomic mass is 35.5. The van der Waals surface area contributed by atoms with Crippen LogP contribution in [0, 0.1) is 5.92 Å². The van der Waals surface area contributed by atoms with Crippen LogP contribution in [0.4, 0.5) is 5.69 Å². The standard InChI is InChI=1S/C17H20ClN3O4S/c1-11(2)16(17(22)20-13-6-9-15(25-3)19-10-13)21-26(23,24)14-7-4-12(18)5-8-14/h4-11,16,21H,1-3H3,(H,20,22). The van der Waals surface area contributed by atoms with Gasteiger partial charge in [-0.15, -0.1) is 0 Å². The van der Waals surface area contributed by atoms with Gasteiger partial charge in [-0.05, 0) is 36.2 Å². The number of halogens is 1. The van der Waals surface area contributed by atoms with Gasteiger partial charge in [-0.3, -0.25) is 4.79 Å². The molecule has 2 N–H and O–H groups in total. The molecule has 0 radical (unpaired) electrons. The lowest BCUT2D eigenvalue weighted by atomic mass is 10.1. The second-order valence-corrected chi connectivity index (χ2v) is 8.03. The van der Waals surface area contributed by atoms with Gasteiger partial charge >= 0.3 is 0 Å². The van der Waals surface area contributed by atoms with Gasteiger partial charge in [-0.1, -0.05) is 25.4 Å². The molecule has 1 heterocycles. The molecule has 1 aromatic carbocycles. The van der Waals surface area contributed by atoms with Crippen molar-refractivity contribution in [3.8, 4) is 5.88 Å². The summed E-state index contributed by atoms with van der Waals surface area (Å²) in [6.07, 6.45) is 1.43. The number of carbonyl (C=O) groups is 1. The molecule has 0 saturated heterocycles. The predicted octanol–water partition coefficient (Wildman–Crippen LogP) is 2.69. The van der Waals surface area contributed by atoms with E-state index in [9.17, 15) is 13.2 Å². The predicted molar refractivity (Wildman–Crippen MR) is 99.8 cm³/mol. The Bertz CT molecular complexity index is 853. The summed E-state index contributed by atoms with van der Waals surface area (Å²) in [6, 6.07) is 7.97. The summed E-state index contributed by atoms with van der Waals surface area (Å²) in [5.41, 5.74) is 0.437. The summed E-state index contributed by atoms with van der Waals surface area (Å²) in [5.74, 6) is -0.348. The van der Waals surface area contributed by atoms with Crippen LogP contribution in [0.1, 0.15) is 13.8 Å². The molecular weight excluding hydrogens is 378 g/mol. The lowest BCUT2D eigenvalue weighted by Gasteiger charge is -2.21. The van der Waals surface area contributed by atoms with Crippen LogP contribution in [0.2, 0.25) is 5.02 Å². The van der Waals surface area contributed by atoms with Crippen molar-refractivity contribution in [3.05, 3.63) is 47.6 Å². The molecule has 26 heavy (non-hydrogen) atoms. The molecule has 7 nitrogen and oxygen atoms in total. The van der Waals surface area contributed by atoms with E-state index in [4.69, 9.17) is 16.3 Å². The fourth-order valence-electron chi connectivity index (χ4n) is 2.14. The minimum absolute atomic E-state index is 0.0338. The van der Waals surface area contributed by atoms with Gasteiger partial charge in [0.15, 0.2) is 0 Å². The first-order chi connectivity index (χ1) is 12.2. The number of benzene rings is 1. The number of ether oxygens (including phenoxy) is 1. The van der Waals surface area contributed by atoms with E-state index in [1.165, 1.54) is 37.6 Å². The monoisotopic (exact) mass is 397 g/mol. The number of amides is 1. The highest BCUT2D eigenvalue weighted by Gasteiger charge is 2.28. The first kappa shape index (κ1) is 20.2. The van der Waals surface area contributed by atoms with Crippen molar-refractivity contribution >= 4 is 33.2 Å². The summed E-state index contributed by atoms with van der Waals surface area (Å²) in [7, 11) is -2.39. The number of nitrogens with one attached hydrogen (secondary N) is 2. The normalized spacial score (nSPS) is 12.7. The Kier molecular flexibility index (Phi) is 6.57.